The Kier molecular flexibility index (Phi) is 4.10. The molecule has 0 bridgehead atoms. The lowest BCUT2D eigenvalue weighted by Gasteiger charge is -2.22. The van der Waals surface area contributed by atoms with Gasteiger partial charge in [0.15, 0.2) is 5.78 Å². The van der Waals surface area contributed by atoms with Crippen LogP contribution in [0.2, 0.25) is 0 Å². The number of hydrogen-bond acceptors (Lipinski definition) is 3. The van der Waals surface area contributed by atoms with Gasteiger partial charge in [0, 0.05) is 18.2 Å². The molecule has 1 aromatic carbocycles. The molecule has 2 rings (SSSR count). The zero-order chi connectivity index (χ0) is 13.0. The van der Waals surface area contributed by atoms with Crippen molar-refractivity contribution in [1.29, 1.82) is 0 Å². The molecule has 1 aromatic rings. The first-order chi connectivity index (χ1) is 8.66. The second-order valence-electron chi connectivity index (χ2n) is 4.63. The van der Waals surface area contributed by atoms with Crippen LogP contribution in [-0.2, 0) is 4.79 Å². The number of hydrogen-bond donors (Lipinski definition) is 2. The number of amides is 1. The highest BCUT2D eigenvalue weighted by molar-refractivity contribution is 6.00. The van der Waals surface area contributed by atoms with Gasteiger partial charge in [0.1, 0.15) is 0 Å². The molecule has 1 fully saturated rings. The highest BCUT2D eigenvalue weighted by Gasteiger charge is 2.21. The molecule has 0 saturated carbocycles. The van der Waals surface area contributed by atoms with Crippen molar-refractivity contribution in [2.45, 2.75) is 32.2 Å². The molecule has 1 aliphatic rings. The van der Waals surface area contributed by atoms with Crippen molar-refractivity contribution in [3.8, 4) is 0 Å². The summed E-state index contributed by atoms with van der Waals surface area (Å²) in [6.07, 6.45) is 3.16. The molecule has 1 aliphatic heterocycles. The van der Waals surface area contributed by atoms with Gasteiger partial charge in [0.05, 0.1) is 6.04 Å². The number of rotatable bonds is 3. The molecule has 0 aliphatic carbocycles. The number of nitrogens with one attached hydrogen (secondary N) is 2. The van der Waals surface area contributed by atoms with Crippen LogP contribution >= 0.6 is 0 Å². The molecule has 1 unspecified atom stereocenters. The molecule has 1 atom stereocenters. The maximum absolute atomic E-state index is 12.2. The molecule has 4 heteroatoms. The number of piperidine rings is 1. The van der Waals surface area contributed by atoms with E-state index in [1.54, 1.807) is 24.3 Å². The van der Waals surface area contributed by atoms with Gasteiger partial charge in [0.2, 0.25) is 5.91 Å². The van der Waals surface area contributed by atoms with Gasteiger partial charge in [-0.3, -0.25) is 9.59 Å². The first-order valence-electron chi connectivity index (χ1n) is 6.32. The monoisotopic (exact) mass is 246 g/mol. The fourth-order valence-corrected chi connectivity index (χ4v) is 2.20. The minimum atomic E-state index is -0.108. The molecule has 0 aromatic heterocycles. The average molecular weight is 246 g/mol. The summed E-state index contributed by atoms with van der Waals surface area (Å²) in [6.45, 7) is 2.38. The minimum Gasteiger partial charge on any atom is -0.326 e. The van der Waals surface area contributed by atoms with Gasteiger partial charge in [-0.2, -0.15) is 0 Å². The molecule has 1 heterocycles. The Morgan fingerprint density at radius 1 is 1.22 bits per heavy atom. The molecule has 0 spiro atoms. The molecular weight excluding hydrogens is 228 g/mol. The van der Waals surface area contributed by atoms with E-state index in [1.165, 1.54) is 6.92 Å². The van der Waals surface area contributed by atoms with E-state index in [9.17, 15) is 9.59 Å². The lowest BCUT2D eigenvalue weighted by atomic mass is 9.96. The van der Waals surface area contributed by atoms with Crippen molar-refractivity contribution < 1.29 is 9.59 Å². The Bertz CT molecular complexity index is 434. The Morgan fingerprint density at radius 3 is 2.50 bits per heavy atom. The third-order valence-corrected chi connectivity index (χ3v) is 3.12. The van der Waals surface area contributed by atoms with E-state index in [4.69, 9.17) is 0 Å². The van der Waals surface area contributed by atoms with Crippen molar-refractivity contribution in [2.75, 3.05) is 11.9 Å². The largest absolute Gasteiger partial charge is 0.326 e. The number of carbonyl (C=O) groups is 2. The average Bonchev–Trinajstić information content (AvgIpc) is 2.39. The molecule has 1 saturated heterocycles. The number of benzene rings is 1. The van der Waals surface area contributed by atoms with E-state index < -0.39 is 0 Å². The topological polar surface area (TPSA) is 58.2 Å². The van der Waals surface area contributed by atoms with Crippen molar-refractivity contribution in [3.05, 3.63) is 29.8 Å². The Labute approximate surface area is 107 Å². The summed E-state index contributed by atoms with van der Waals surface area (Å²) in [4.78, 5) is 23.1. The Morgan fingerprint density at radius 2 is 1.94 bits per heavy atom. The van der Waals surface area contributed by atoms with Crippen LogP contribution in [0, 0.1) is 0 Å². The second kappa shape index (κ2) is 5.78. The van der Waals surface area contributed by atoms with E-state index in [1.807, 2.05) is 0 Å². The van der Waals surface area contributed by atoms with Crippen LogP contribution in [-0.4, -0.2) is 24.3 Å². The SMILES string of the molecule is CC(=O)Nc1ccc(C(=O)C2CCCCN2)cc1. The lowest BCUT2D eigenvalue weighted by molar-refractivity contribution is -0.114. The van der Waals surface area contributed by atoms with E-state index in [0.29, 0.717) is 5.56 Å². The zero-order valence-corrected chi connectivity index (χ0v) is 10.5. The molecule has 96 valence electrons. The second-order valence-corrected chi connectivity index (χ2v) is 4.63. The van der Waals surface area contributed by atoms with Crippen LogP contribution in [0.5, 0.6) is 0 Å². The highest BCUT2D eigenvalue weighted by atomic mass is 16.1. The smallest absolute Gasteiger partial charge is 0.221 e. The molecule has 4 nitrogen and oxygen atoms in total. The highest BCUT2D eigenvalue weighted by Crippen LogP contribution is 2.15. The van der Waals surface area contributed by atoms with Crippen LogP contribution < -0.4 is 10.6 Å². The molecule has 1 amide bonds. The van der Waals surface area contributed by atoms with Gasteiger partial charge in [0.25, 0.3) is 0 Å². The molecule has 2 N–H and O–H groups in total. The fourth-order valence-electron chi connectivity index (χ4n) is 2.20. The Hall–Kier alpha value is -1.68. The molecule has 18 heavy (non-hydrogen) atoms. The fraction of sp³-hybridized carbons (Fsp3) is 0.429. The van der Waals surface area contributed by atoms with E-state index >= 15 is 0 Å². The van der Waals surface area contributed by atoms with Gasteiger partial charge in [-0.15, -0.1) is 0 Å². The number of Topliss-reactive ketones (excluding diaryl/α,β-unsaturated/α-hetero) is 1. The van der Waals surface area contributed by atoms with Gasteiger partial charge < -0.3 is 10.6 Å². The number of carbonyl (C=O) groups excluding carboxylic acids is 2. The molecule has 0 radical (unpaired) electrons. The summed E-state index contributed by atoms with van der Waals surface area (Å²) in [6, 6.07) is 7.01. The van der Waals surface area contributed by atoms with Crippen molar-refractivity contribution >= 4 is 17.4 Å². The first-order valence-corrected chi connectivity index (χ1v) is 6.32. The van der Waals surface area contributed by atoms with Gasteiger partial charge in [-0.1, -0.05) is 6.42 Å². The Balaban J connectivity index is 2.04. The van der Waals surface area contributed by atoms with Crippen LogP contribution in [0.1, 0.15) is 36.5 Å². The maximum Gasteiger partial charge on any atom is 0.221 e. The van der Waals surface area contributed by atoms with Crippen molar-refractivity contribution in [2.24, 2.45) is 0 Å². The van der Waals surface area contributed by atoms with Crippen molar-refractivity contribution in [3.63, 3.8) is 0 Å². The van der Waals surface area contributed by atoms with E-state index in [2.05, 4.69) is 10.6 Å². The van der Waals surface area contributed by atoms with Crippen molar-refractivity contribution in [1.82, 2.24) is 5.32 Å². The van der Waals surface area contributed by atoms with Gasteiger partial charge in [-0.05, 0) is 43.7 Å². The van der Waals surface area contributed by atoms with Gasteiger partial charge >= 0.3 is 0 Å². The summed E-state index contributed by atoms with van der Waals surface area (Å²) in [7, 11) is 0. The number of ketones is 1. The van der Waals surface area contributed by atoms with E-state index in [-0.39, 0.29) is 17.7 Å². The van der Waals surface area contributed by atoms with Crippen LogP contribution in [0.4, 0.5) is 5.69 Å². The molecular formula is C14H18N2O2. The standard InChI is InChI=1S/C14H18N2O2/c1-10(17)16-12-7-5-11(6-8-12)14(18)13-4-2-3-9-15-13/h5-8,13,15H,2-4,9H2,1H3,(H,16,17). The van der Waals surface area contributed by atoms with Crippen LogP contribution in [0.15, 0.2) is 24.3 Å². The predicted octanol–water partition coefficient (Wildman–Crippen LogP) is 1.97. The predicted molar refractivity (Wildman–Crippen MR) is 70.7 cm³/mol. The normalized spacial score (nSPS) is 19.3. The van der Waals surface area contributed by atoms with E-state index in [0.717, 1.165) is 31.5 Å². The summed E-state index contributed by atoms with van der Waals surface area (Å²) < 4.78 is 0. The zero-order valence-electron chi connectivity index (χ0n) is 10.5. The summed E-state index contributed by atoms with van der Waals surface area (Å²) in [5.41, 5.74) is 1.42. The lowest BCUT2D eigenvalue weighted by Crippen LogP contribution is -2.40. The minimum absolute atomic E-state index is 0.0506. The van der Waals surface area contributed by atoms with Gasteiger partial charge in [-0.25, -0.2) is 0 Å². The summed E-state index contributed by atoms with van der Waals surface area (Å²) in [5, 5.41) is 5.93. The summed E-state index contributed by atoms with van der Waals surface area (Å²) in [5.74, 6) is 0.0344. The first kappa shape index (κ1) is 12.8. The third kappa shape index (κ3) is 3.17. The summed E-state index contributed by atoms with van der Waals surface area (Å²) >= 11 is 0. The number of anilines is 1. The maximum atomic E-state index is 12.2. The van der Waals surface area contributed by atoms with Crippen LogP contribution in [0.25, 0.3) is 0 Å². The van der Waals surface area contributed by atoms with Crippen LogP contribution in [0.3, 0.4) is 0 Å². The quantitative estimate of drug-likeness (QED) is 0.802. The third-order valence-electron chi connectivity index (χ3n) is 3.12.